The van der Waals surface area contributed by atoms with Crippen molar-refractivity contribution in [1.29, 1.82) is 0 Å². The minimum Gasteiger partial charge on any atom is -0.490 e. The molecule has 15 heavy (non-hydrogen) atoms. The number of ether oxygens (including phenoxy) is 2. The fourth-order valence-electron chi connectivity index (χ4n) is 1.29. The van der Waals surface area contributed by atoms with Crippen LogP contribution in [-0.2, 0) is 4.74 Å². The molecule has 2 aromatic rings. The van der Waals surface area contributed by atoms with Crippen LogP contribution < -0.4 is 4.74 Å². The normalized spacial score (nSPS) is 10.8. The molecule has 1 heterocycles. The molecule has 0 amide bonds. The zero-order valence-corrected chi connectivity index (χ0v) is 9.04. The van der Waals surface area contributed by atoms with E-state index in [0.717, 1.165) is 10.9 Å². The molecule has 0 aliphatic carbocycles. The van der Waals surface area contributed by atoms with Gasteiger partial charge in [0, 0.05) is 18.6 Å². The van der Waals surface area contributed by atoms with Gasteiger partial charge in [0.15, 0.2) is 0 Å². The van der Waals surface area contributed by atoms with E-state index in [1.165, 1.54) is 0 Å². The SMILES string of the molecule is COCCOc1cc2[nH]ncc2cc1Cl. The number of methoxy groups -OCH3 is 1. The second kappa shape index (κ2) is 4.51. The monoisotopic (exact) mass is 226 g/mol. The first-order valence-corrected chi connectivity index (χ1v) is 4.93. The molecule has 1 aromatic heterocycles. The van der Waals surface area contributed by atoms with E-state index in [4.69, 9.17) is 21.1 Å². The standard InChI is InChI=1S/C10H11ClN2O2/c1-14-2-3-15-10-5-9-7(4-8(10)11)6-12-13-9/h4-6H,2-3H2,1H3,(H,12,13). The smallest absolute Gasteiger partial charge is 0.140 e. The number of hydrogen-bond acceptors (Lipinski definition) is 3. The molecule has 0 atom stereocenters. The van der Waals surface area contributed by atoms with Gasteiger partial charge in [0.1, 0.15) is 12.4 Å². The Kier molecular flexibility index (Phi) is 3.08. The average molecular weight is 227 g/mol. The number of rotatable bonds is 4. The lowest BCUT2D eigenvalue weighted by molar-refractivity contribution is 0.146. The van der Waals surface area contributed by atoms with E-state index in [2.05, 4.69) is 10.2 Å². The molecule has 0 aliphatic heterocycles. The van der Waals surface area contributed by atoms with Gasteiger partial charge in [-0.3, -0.25) is 5.10 Å². The third-order valence-corrected chi connectivity index (χ3v) is 2.33. The van der Waals surface area contributed by atoms with E-state index in [9.17, 15) is 0 Å². The van der Waals surface area contributed by atoms with Crippen LogP contribution in [0.4, 0.5) is 0 Å². The second-order valence-corrected chi connectivity index (χ2v) is 3.49. The van der Waals surface area contributed by atoms with Crippen LogP contribution in [-0.4, -0.2) is 30.5 Å². The second-order valence-electron chi connectivity index (χ2n) is 3.08. The molecule has 0 fully saturated rings. The highest BCUT2D eigenvalue weighted by Crippen LogP contribution is 2.28. The van der Waals surface area contributed by atoms with E-state index in [1.807, 2.05) is 12.1 Å². The highest BCUT2D eigenvalue weighted by atomic mass is 35.5. The van der Waals surface area contributed by atoms with Gasteiger partial charge in [-0.2, -0.15) is 5.10 Å². The third kappa shape index (κ3) is 2.22. The van der Waals surface area contributed by atoms with Crippen molar-refractivity contribution in [2.45, 2.75) is 0 Å². The number of H-pyrrole nitrogens is 1. The fraction of sp³-hybridized carbons (Fsp3) is 0.300. The van der Waals surface area contributed by atoms with E-state index in [-0.39, 0.29) is 0 Å². The summed E-state index contributed by atoms with van der Waals surface area (Å²) in [4.78, 5) is 0. The zero-order valence-electron chi connectivity index (χ0n) is 8.29. The van der Waals surface area contributed by atoms with Crippen LogP contribution in [0.1, 0.15) is 0 Å². The van der Waals surface area contributed by atoms with Crippen molar-refractivity contribution >= 4 is 22.5 Å². The van der Waals surface area contributed by atoms with Crippen LogP contribution in [0.15, 0.2) is 18.3 Å². The highest BCUT2D eigenvalue weighted by Gasteiger charge is 2.05. The molecule has 1 aromatic carbocycles. The van der Waals surface area contributed by atoms with Crippen LogP contribution in [0.5, 0.6) is 5.75 Å². The largest absolute Gasteiger partial charge is 0.490 e. The molecule has 80 valence electrons. The molecule has 5 heteroatoms. The van der Waals surface area contributed by atoms with Gasteiger partial charge in [0.2, 0.25) is 0 Å². The maximum atomic E-state index is 6.03. The summed E-state index contributed by atoms with van der Waals surface area (Å²) >= 11 is 6.03. The molecule has 2 rings (SSSR count). The van der Waals surface area contributed by atoms with Crippen LogP contribution in [0, 0.1) is 0 Å². The number of aromatic nitrogens is 2. The maximum absolute atomic E-state index is 6.03. The van der Waals surface area contributed by atoms with Crippen molar-refractivity contribution in [3.8, 4) is 5.75 Å². The third-order valence-electron chi connectivity index (χ3n) is 2.04. The Bertz CT molecular complexity index is 456. The topological polar surface area (TPSA) is 47.1 Å². The Morgan fingerprint density at radius 1 is 1.40 bits per heavy atom. The van der Waals surface area contributed by atoms with E-state index >= 15 is 0 Å². The number of nitrogens with one attached hydrogen (secondary N) is 1. The minimum atomic E-state index is 0.482. The summed E-state index contributed by atoms with van der Waals surface area (Å²) in [6, 6.07) is 3.66. The van der Waals surface area contributed by atoms with E-state index in [1.54, 1.807) is 13.3 Å². The van der Waals surface area contributed by atoms with Crippen LogP contribution in [0.3, 0.4) is 0 Å². The summed E-state index contributed by atoms with van der Waals surface area (Å²) in [6.07, 6.45) is 1.72. The summed E-state index contributed by atoms with van der Waals surface area (Å²) in [6.45, 7) is 1.02. The van der Waals surface area contributed by atoms with E-state index < -0.39 is 0 Å². The van der Waals surface area contributed by atoms with E-state index in [0.29, 0.717) is 24.0 Å². The van der Waals surface area contributed by atoms with Crippen molar-refractivity contribution in [2.24, 2.45) is 0 Å². The highest BCUT2D eigenvalue weighted by molar-refractivity contribution is 6.32. The first kappa shape index (κ1) is 10.3. The first-order chi connectivity index (χ1) is 7.31. The molecule has 1 N–H and O–H groups in total. The minimum absolute atomic E-state index is 0.482. The van der Waals surface area contributed by atoms with Crippen LogP contribution >= 0.6 is 11.6 Å². The lowest BCUT2D eigenvalue weighted by Gasteiger charge is -2.07. The number of halogens is 1. The Balaban J connectivity index is 2.22. The van der Waals surface area contributed by atoms with Gasteiger partial charge in [-0.05, 0) is 6.07 Å². The molecule has 0 radical (unpaired) electrons. The Morgan fingerprint density at radius 2 is 2.27 bits per heavy atom. The van der Waals surface area contributed by atoms with Crippen molar-refractivity contribution < 1.29 is 9.47 Å². The molecule has 0 saturated carbocycles. The van der Waals surface area contributed by atoms with Gasteiger partial charge in [-0.15, -0.1) is 0 Å². The number of nitrogens with zero attached hydrogens (tertiary/aromatic N) is 1. The van der Waals surface area contributed by atoms with Crippen molar-refractivity contribution in [1.82, 2.24) is 10.2 Å². The fourth-order valence-corrected chi connectivity index (χ4v) is 1.52. The molecule has 0 aliphatic rings. The van der Waals surface area contributed by atoms with Crippen molar-refractivity contribution in [3.63, 3.8) is 0 Å². The zero-order chi connectivity index (χ0) is 10.7. The predicted octanol–water partition coefficient (Wildman–Crippen LogP) is 2.24. The molecule has 0 unspecified atom stereocenters. The predicted molar refractivity (Wildman–Crippen MR) is 58.5 cm³/mol. The Hall–Kier alpha value is -1.26. The number of benzene rings is 1. The molecule has 0 saturated heterocycles. The van der Waals surface area contributed by atoms with Gasteiger partial charge in [0.25, 0.3) is 0 Å². The first-order valence-electron chi connectivity index (χ1n) is 4.55. The van der Waals surface area contributed by atoms with Crippen LogP contribution in [0.2, 0.25) is 5.02 Å². The van der Waals surface area contributed by atoms with Crippen molar-refractivity contribution in [3.05, 3.63) is 23.4 Å². The number of hydrogen-bond donors (Lipinski definition) is 1. The number of aromatic amines is 1. The van der Waals surface area contributed by atoms with Gasteiger partial charge >= 0.3 is 0 Å². The summed E-state index contributed by atoms with van der Waals surface area (Å²) in [7, 11) is 1.63. The summed E-state index contributed by atoms with van der Waals surface area (Å²) in [5.41, 5.74) is 0.909. The maximum Gasteiger partial charge on any atom is 0.140 e. The van der Waals surface area contributed by atoms with Gasteiger partial charge in [0.05, 0.1) is 23.3 Å². The lowest BCUT2D eigenvalue weighted by atomic mass is 10.2. The number of fused-ring (bicyclic) bond motifs is 1. The van der Waals surface area contributed by atoms with Gasteiger partial charge in [-0.1, -0.05) is 11.6 Å². The van der Waals surface area contributed by atoms with Gasteiger partial charge < -0.3 is 9.47 Å². The molecular weight excluding hydrogens is 216 g/mol. The molecular formula is C10H11ClN2O2. The molecule has 4 nitrogen and oxygen atoms in total. The summed E-state index contributed by atoms with van der Waals surface area (Å²) in [5.74, 6) is 0.644. The van der Waals surface area contributed by atoms with Crippen LogP contribution in [0.25, 0.3) is 10.9 Å². The van der Waals surface area contributed by atoms with Gasteiger partial charge in [-0.25, -0.2) is 0 Å². The average Bonchev–Trinajstić information content (AvgIpc) is 2.65. The van der Waals surface area contributed by atoms with Crippen molar-refractivity contribution in [2.75, 3.05) is 20.3 Å². The Labute approximate surface area is 92.1 Å². The molecule has 0 bridgehead atoms. The Morgan fingerprint density at radius 3 is 3.07 bits per heavy atom. The lowest BCUT2D eigenvalue weighted by Crippen LogP contribution is -2.04. The quantitative estimate of drug-likeness (QED) is 0.814. The summed E-state index contributed by atoms with van der Waals surface area (Å²) < 4.78 is 10.3. The summed E-state index contributed by atoms with van der Waals surface area (Å²) in [5, 5.41) is 8.33. The molecule has 0 spiro atoms.